The van der Waals surface area contributed by atoms with Crippen LogP contribution in [0.1, 0.15) is 31.2 Å². The van der Waals surface area contributed by atoms with E-state index >= 15 is 0 Å². The predicted octanol–water partition coefficient (Wildman–Crippen LogP) is 2.27. The molecule has 2 rings (SSSR count). The number of hydrogen-bond donors (Lipinski definition) is 2. The van der Waals surface area contributed by atoms with E-state index in [1.54, 1.807) is 13.0 Å². The summed E-state index contributed by atoms with van der Waals surface area (Å²) in [7, 11) is -3.58. The van der Waals surface area contributed by atoms with Crippen molar-refractivity contribution in [1.29, 1.82) is 0 Å². The Kier molecular flexibility index (Phi) is 5.29. The molecule has 0 heterocycles. The summed E-state index contributed by atoms with van der Waals surface area (Å²) in [5.41, 5.74) is 6.92. The van der Waals surface area contributed by atoms with Crippen molar-refractivity contribution in [3.63, 3.8) is 0 Å². The summed E-state index contributed by atoms with van der Waals surface area (Å²) in [4.78, 5) is 0.257. The van der Waals surface area contributed by atoms with Gasteiger partial charge in [-0.05, 0) is 59.8 Å². The predicted molar refractivity (Wildman–Crippen MR) is 86.5 cm³/mol. The molecule has 1 saturated carbocycles. The highest BCUT2D eigenvalue weighted by Gasteiger charge is 2.35. The van der Waals surface area contributed by atoms with Gasteiger partial charge in [0.05, 0.1) is 4.90 Å². The molecule has 0 radical (unpaired) electrons. The molecule has 21 heavy (non-hydrogen) atoms. The molecule has 0 aromatic heterocycles. The van der Waals surface area contributed by atoms with E-state index in [0.717, 1.165) is 19.3 Å². The molecule has 0 bridgehead atoms. The third-order valence-corrected chi connectivity index (χ3v) is 6.68. The van der Waals surface area contributed by atoms with Crippen LogP contribution in [0.4, 0.5) is 5.69 Å². The van der Waals surface area contributed by atoms with Crippen LogP contribution in [-0.2, 0) is 10.0 Å². The number of nitrogens with zero attached hydrogens (tertiary/aromatic N) is 1. The lowest BCUT2D eigenvalue weighted by molar-refractivity contribution is 0.198. The molecule has 0 atom stereocenters. The van der Waals surface area contributed by atoms with Gasteiger partial charge in [0.2, 0.25) is 10.0 Å². The average molecular weight is 377 g/mol. The Morgan fingerprint density at radius 2 is 2.10 bits per heavy atom. The highest BCUT2D eigenvalue weighted by molar-refractivity contribution is 9.10. The number of halogens is 1. The summed E-state index contributed by atoms with van der Waals surface area (Å²) in [6, 6.07) is 3.29. The van der Waals surface area contributed by atoms with Gasteiger partial charge >= 0.3 is 0 Å². The van der Waals surface area contributed by atoms with E-state index in [-0.39, 0.29) is 17.5 Å². The topological polar surface area (TPSA) is 83.6 Å². The first-order chi connectivity index (χ1) is 9.87. The fourth-order valence-corrected chi connectivity index (χ4v) is 4.90. The number of sulfonamides is 1. The molecule has 0 spiro atoms. The first-order valence-corrected chi connectivity index (χ1v) is 9.29. The van der Waals surface area contributed by atoms with Crippen LogP contribution in [0.3, 0.4) is 0 Å². The van der Waals surface area contributed by atoms with Gasteiger partial charge in [-0.25, -0.2) is 8.42 Å². The third-order valence-electron chi connectivity index (χ3n) is 3.90. The van der Waals surface area contributed by atoms with Crippen LogP contribution in [-0.4, -0.2) is 37.0 Å². The van der Waals surface area contributed by atoms with Crippen LogP contribution in [0.5, 0.6) is 0 Å². The Balaban J connectivity index is 2.40. The van der Waals surface area contributed by atoms with Crippen molar-refractivity contribution in [2.45, 2.75) is 43.5 Å². The smallest absolute Gasteiger partial charge is 0.243 e. The molecule has 118 valence electrons. The number of hydrogen-bond acceptors (Lipinski definition) is 4. The lowest BCUT2D eigenvalue weighted by Gasteiger charge is -2.36. The maximum atomic E-state index is 12.9. The standard InChI is InChI=1S/C14H21BrN2O3S/c1-10-8-12(15)13(16)9-14(10)21(19,20)17(6-3-7-18)11-4-2-5-11/h8-9,11,18H,2-7,16H2,1H3. The number of aryl methyl sites for hydroxylation is 1. The average Bonchev–Trinajstić information content (AvgIpc) is 2.36. The van der Waals surface area contributed by atoms with Crippen molar-refractivity contribution < 1.29 is 13.5 Å². The van der Waals surface area contributed by atoms with Crippen molar-refractivity contribution >= 4 is 31.6 Å². The minimum Gasteiger partial charge on any atom is -0.398 e. The van der Waals surface area contributed by atoms with Gasteiger partial charge in [0.1, 0.15) is 0 Å². The van der Waals surface area contributed by atoms with Crippen LogP contribution in [0, 0.1) is 6.92 Å². The Morgan fingerprint density at radius 1 is 1.43 bits per heavy atom. The second-order valence-electron chi connectivity index (χ2n) is 5.42. The number of nitrogens with two attached hydrogens (primary N) is 1. The number of nitrogen functional groups attached to an aromatic ring is 1. The van der Waals surface area contributed by atoms with E-state index in [1.165, 1.54) is 10.4 Å². The molecule has 1 aliphatic rings. The number of anilines is 1. The highest BCUT2D eigenvalue weighted by atomic mass is 79.9. The zero-order valence-corrected chi connectivity index (χ0v) is 14.5. The van der Waals surface area contributed by atoms with E-state index in [2.05, 4.69) is 15.9 Å². The van der Waals surface area contributed by atoms with Crippen LogP contribution in [0.2, 0.25) is 0 Å². The van der Waals surface area contributed by atoms with E-state index < -0.39 is 10.0 Å². The van der Waals surface area contributed by atoms with E-state index in [9.17, 15) is 8.42 Å². The largest absolute Gasteiger partial charge is 0.398 e. The quantitative estimate of drug-likeness (QED) is 0.745. The highest BCUT2D eigenvalue weighted by Crippen LogP contribution is 2.33. The lowest BCUT2D eigenvalue weighted by atomic mass is 9.93. The zero-order valence-electron chi connectivity index (χ0n) is 12.0. The first kappa shape index (κ1) is 16.7. The van der Waals surface area contributed by atoms with Gasteiger partial charge in [0, 0.05) is 29.4 Å². The Labute approximate surface area is 134 Å². The molecule has 1 aromatic rings. The lowest BCUT2D eigenvalue weighted by Crippen LogP contribution is -2.45. The van der Waals surface area contributed by atoms with Crippen LogP contribution in [0.15, 0.2) is 21.5 Å². The van der Waals surface area contributed by atoms with Crippen molar-refractivity contribution in [2.24, 2.45) is 0 Å². The van der Waals surface area contributed by atoms with Crippen molar-refractivity contribution in [2.75, 3.05) is 18.9 Å². The third kappa shape index (κ3) is 3.41. The molecule has 0 aliphatic heterocycles. The summed E-state index contributed by atoms with van der Waals surface area (Å²) in [5.74, 6) is 0. The zero-order chi connectivity index (χ0) is 15.6. The molecule has 0 unspecified atom stereocenters. The summed E-state index contributed by atoms with van der Waals surface area (Å²) in [6.45, 7) is 2.10. The molecule has 3 N–H and O–H groups in total. The van der Waals surface area contributed by atoms with E-state index in [0.29, 0.717) is 28.7 Å². The SMILES string of the molecule is Cc1cc(Br)c(N)cc1S(=O)(=O)N(CCCO)C1CCC1. The van der Waals surface area contributed by atoms with E-state index in [1.807, 2.05) is 0 Å². The van der Waals surface area contributed by atoms with Crippen molar-refractivity contribution in [3.8, 4) is 0 Å². The second kappa shape index (κ2) is 6.64. The summed E-state index contributed by atoms with van der Waals surface area (Å²) in [5, 5.41) is 9.01. The van der Waals surface area contributed by atoms with Crippen LogP contribution < -0.4 is 5.73 Å². The molecule has 0 saturated heterocycles. The molecular weight excluding hydrogens is 356 g/mol. The van der Waals surface area contributed by atoms with Gasteiger partial charge in [-0.3, -0.25) is 0 Å². The minimum absolute atomic E-state index is 0.0137. The van der Waals surface area contributed by atoms with Gasteiger partial charge in [-0.15, -0.1) is 0 Å². The molecule has 0 amide bonds. The maximum Gasteiger partial charge on any atom is 0.243 e. The first-order valence-electron chi connectivity index (χ1n) is 7.06. The van der Waals surface area contributed by atoms with Crippen LogP contribution >= 0.6 is 15.9 Å². The molecule has 7 heteroatoms. The molecule has 1 fully saturated rings. The summed E-state index contributed by atoms with van der Waals surface area (Å²) < 4.78 is 28.1. The maximum absolute atomic E-state index is 12.9. The summed E-state index contributed by atoms with van der Waals surface area (Å²) >= 11 is 3.31. The number of rotatable bonds is 6. The molecule has 1 aliphatic carbocycles. The summed E-state index contributed by atoms with van der Waals surface area (Å²) in [6.07, 6.45) is 3.27. The number of benzene rings is 1. The van der Waals surface area contributed by atoms with Gasteiger partial charge in [-0.1, -0.05) is 6.42 Å². The fraction of sp³-hybridized carbons (Fsp3) is 0.571. The normalized spacial score (nSPS) is 16.2. The number of aliphatic hydroxyl groups excluding tert-OH is 1. The van der Waals surface area contributed by atoms with Gasteiger partial charge in [-0.2, -0.15) is 4.31 Å². The van der Waals surface area contributed by atoms with Crippen LogP contribution in [0.25, 0.3) is 0 Å². The molecule has 1 aromatic carbocycles. The van der Waals surface area contributed by atoms with Gasteiger partial charge < -0.3 is 10.8 Å². The minimum atomic E-state index is -3.58. The van der Waals surface area contributed by atoms with E-state index in [4.69, 9.17) is 10.8 Å². The Morgan fingerprint density at radius 3 is 2.62 bits per heavy atom. The monoisotopic (exact) mass is 376 g/mol. The molecular formula is C14H21BrN2O3S. The molecule has 5 nitrogen and oxygen atoms in total. The van der Waals surface area contributed by atoms with Crippen molar-refractivity contribution in [3.05, 3.63) is 22.2 Å². The second-order valence-corrected chi connectivity index (χ2v) is 8.13. The Bertz CT molecular complexity index is 615. The Hall–Kier alpha value is -0.630. The van der Waals surface area contributed by atoms with Gasteiger partial charge in [0.15, 0.2) is 0 Å². The van der Waals surface area contributed by atoms with Gasteiger partial charge in [0.25, 0.3) is 0 Å². The number of aliphatic hydroxyl groups is 1. The fourth-order valence-electron chi connectivity index (χ4n) is 2.47. The van der Waals surface area contributed by atoms with Crippen molar-refractivity contribution in [1.82, 2.24) is 4.31 Å².